The second-order valence-corrected chi connectivity index (χ2v) is 27.0. The van der Waals surface area contributed by atoms with Crippen LogP contribution in [-0.2, 0) is 60.7 Å². The summed E-state index contributed by atoms with van der Waals surface area (Å²) < 4.78 is 10.9. The Hall–Kier alpha value is -7.78. The first-order chi connectivity index (χ1) is 42.3. The summed E-state index contributed by atoms with van der Waals surface area (Å²) in [5.74, 6) is -3.57. The van der Waals surface area contributed by atoms with Crippen LogP contribution in [0.25, 0.3) is 0 Å². The molecule has 22 nitrogen and oxygen atoms in total. The Balaban J connectivity index is 1.00. The van der Waals surface area contributed by atoms with Crippen LogP contribution in [0.4, 0.5) is 9.59 Å². The number of ether oxygens (including phenoxy) is 2. The number of nitrogens with zero attached hydrogens (tertiary/aromatic N) is 4. The molecule has 0 aromatic heterocycles. The molecule has 2 saturated heterocycles. The van der Waals surface area contributed by atoms with E-state index < -0.39 is 95.4 Å². The van der Waals surface area contributed by atoms with Crippen LogP contribution in [0.5, 0.6) is 0 Å². The quantitative estimate of drug-likeness (QED) is 0.0422. The Morgan fingerprint density at radius 2 is 0.889 bits per heavy atom. The van der Waals surface area contributed by atoms with Crippen LogP contribution >= 0.6 is 0 Å². The van der Waals surface area contributed by atoms with Crippen molar-refractivity contribution in [2.24, 2.45) is 0 Å². The van der Waals surface area contributed by atoms with Crippen LogP contribution in [0.3, 0.4) is 0 Å². The molecule has 6 N–H and O–H groups in total. The molecule has 0 spiro atoms. The average molecular weight is 1250 g/mol. The predicted octanol–water partition coefficient (Wildman–Crippen LogP) is 7.30. The van der Waals surface area contributed by atoms with Crippen LogP contribution in [0.2, 0.25) is 0 Å². The smallest absolute Gasteiger partial charge is 0.410 e. The number of rotatable bonds is 25. The normalized spacial score (nSPS) is 20.9. The Morgan fingerprint density at radius 3 is 1.23 bits per heavy atom. The van der Waals surface area contributed by atoms with Crippen molar-refractivity contribution in [3.63, 3.8) is 0 Å². The van der Waals surface area contributed by atoms with Crippen molar-refractivity contribution < 1.29 is 57.4 Å². The number of nitrogens with one attached hydrogen (secondary N) is 6. The molecule has 0 radical (unpaired) electrons. The molecule has 10 atom stereocenters. The van der Waals surface area contributed by atoms with Gasteiger partial charge in [0.25, 0.3) is 0 Å². The molecule has 2 aliphatic heterocycles. The first kappa shape index (κ1) is 71.3. The standard InChI is InChI=1S/C68H100N10O12/c1-41(2)57(73-59(81)43(5)75(13)65(87)89-67(7,8)9)63(85)77-39-47(37-53(77)61(83)71-51-33-25-29-45-27-21-23-31-49(45)51)69-55(79)35-19-17-15-16-18-20-36-56(80)70-48-38-54(62(84)72-52-34-26-30-46-28-22-24-32-50(46)52)78(40-48)64(86)58(42(3)4)74-60(82)44(6)76(14)66(88)90-68(10,11)12/h21-24,27-28,31-32,43-44,47-48,51-54,57-58H,1,3,15-20,25-26,29-30,33-40H2,2,4-14H3,(H,69,79)(H,70,80)(H,71,83)(H,72,84)(H,73,81)(H,74,82)/t43-,44-,47-,48-,51+,52+,53-,54-,57-,58-/m0/s1. The molecule has 0 unspecified atom stereocenters. The number of benzene rings is 2. The lowest BCUT2D eigenvalue weighted by atomic mass is 9.87. The average Bonchev–Trinajstić information content (AvgIpc) is 2.05. The summed E-state index contributed by atoms with van der Waals surface area (Å²) in [4.78, 5) is 143. The summed E-state index contributed by atoms with van der Waals surface area (Å²) in [7, 11) is 2.86. The van der Waals surface area contributed by atoms with E-state index in [1.165, 1.54) is 37.7 Å². The maximum atomic E-state index is 14.6. The highest BCUT2D eigenvalue weighted by atomic mass is 16.6. The molecule has 2 heterocycles. The van der Waals surface area contributed by atoms with E-state index in [-0.39, 0.29) is 74.5 Å². The lowest BCUT2D eigenvalue weighted by molar-refractivity contribution is -0.141. The maximum Gasteiger partial charge on any atom is 0.410 e. The fourth-order valence-corrected chi connectivity index (χ4v) is 12.1. The van der Waals surface area contributed by atoms with Gasteiger partial charge >= 0.3 is 12.2 Å². The third-order valence-electron chi connectivity index (χ3n) is 17.3. The molecule has 10 amide bonds. The van der Waals surface area contributed by atoms with Gasteiger partial charge < -0.3 is 51.2 Å². The van der Waals surface area contributed by atoms with Crippen LogP contribution in [0.1, 0.15) is 193 Å². The summed E-state index contributed by atoms with van der Waals surface area (Å²) in [5.41, 5.74) is 3.39. The zero-order valence-corrected chi connectivity index (χ0v) is 55.2. The number of hydrogen-bond acceptors (Lipinski definition) is 12. The summed E-state index contributed by atoms with van der Waals surface area (Å²) in [5, 5.41) is 18.0. The minimum atomic E-state index is -1.24. The van der Waals surface area contributed by atoms with Crippen molar-refractivity contribution in [3.05, 3.63) is 95.1 Å². The number of fused-ring (bicyclic) bond motifs is 2. The van der Waals surface area contributed by atoms with Crippen LogP contribution < -0.4 is 31.9 Å². The first-order valence-corrected chi connectivity index (χ1v) is 32.1. The van der Waals surface area contributed by atoms with Crippen molar-refractivity contribution in [1.82, 2.24) is 51.5 Å². The lowest BCUT2D eigenvalue weighted by Gasteiger charge is -2.32. The number of carbonyl (C=O) groups excluding carboxylic acids is 10. The van der Waals surface area contributed by atoms with Crippen molar-refractivity contribution >= 4 is 59.4 Å². The minimum Gasteiger partial charge on any atom is -0.444 e. The SMILES string of the molecule is C=C(C)[C@H](NC(=O)[C@H](C)N(C)C(=O)OC(C)(C)C)C(=O)N1C[C@@H](NC(=O)CCCCCCCCC(=O)N[C@H]2C[C@@H](C(=O)N[C@@H]3CCCc4ccccc43)N(C(=O)[C@@H](NC(=O)[C@H](C)N(C)C(=O)OC(C)(C)C)C(=C)C)C2)C[C@H]1C(=O)N[C@@H]1CCCc2ccccc21. The van der Waals surface area contributed by atoms with E-state index in [2.05, 4.69) is 57.2 Å². The van der Waals surface area contributed by atoms with Crippen molar-refractivity contribution in [2.75, 3.05) is 27.2 Å². The van der Waals surface area contributed by atoms with Gasteiger partial charge in [0.1, 0.15) is 47.5 Å². The van der Waals surface area contributed by atoms with Crippen molar-refractivity contribution in [2.45, 2.75) is 244 Å². The molecular formula is C68H100N10O12. The Kier molecular flexibility index (Phi) is 25.2. The predicted molar refractivity (Wildman–Crippen MR) is 342 cm³/mol. The lowest BCUT2D eigenvalue weighted by Crippen LogP contribution is -2.57. The fourth-order valence-electron chi connectivity index (χ4n) is 12.1. The molecule has 494 valence electrons. The second kappa shape index (κ2) is 31.8. The summed E-state index contributed by atoms with van der Waals surface area (Å²) in [6, 6.07) is 7.80. The van der Waals surface area contributed by atoms with E-state index in [1.807, 2.05) is 36.4 Å². The second-order valence-electron chi connectivity index (χ2n) is 27.0. The fraction of sp³-hybridized carbons (Fsp3) is 0.618. The van der Waals surface area contributed by atoms with Crippen LogP contribution in [0.15, 0.2) is 72.8 Å². The van der Waals surface area contributed by atoms with Gasteiger partial charge in [0.15, 0.2) is 0 Å². The molecule has 0 bridgehead atoms. The molecule has 2 aromatic carbocycles. The third-order valence-corrected chi connectivity index (χ3v) is 17.3. The Morgan fingerprint density at radius 1 is 0.544 bits per heavy atom. The van der Waals surface area contributed by atoms with E-state index >= 15 is 0 Å². The zero-order chi connectivity index (χ0) is 66.4. The first-order valence-electron chi connectivity index (χ1n) is 32.1. The number of aryl methyl sites for hydroxylation is 2. The van der Waals surface area contributed by atoms with E-state index in [0.717, 1.165) is 96.3 Å². The number of unbranched alkanes of at least 4 members (excludes halogenated alkanes) is 5. The molecule has 2 fully saturated rings. The Labute approximate surface area is 532 Å². The monoisotopic (exact) mass is 1250 g/mol. The van der Waals surface area contributed by atoms with E-state index in [0.29, 0.717) is 24.0 Å². The van der Waals surface area contributed by atoms with Crippen LogP contribution in [-0.4, -0.2) is 166 Å². The van der Waals surface area contributed by atoms with Crippen molar-refractivity contribution in [3.8, 4) is 0 Å². The third kappa shape index (κ3) is 19.9. The number of likely N-dealkylation sites (tertiary alicyclic amines) is 2. The summed E-state index contributed by atoms with van der Waals surface area (Å²) >= 11 is 0. The van der Waals surface area contributed by atoms with Gasteiger partial charge in [-0.2, -0.15) is 0 Å². The topological polar surface area (TPSA) is 274 Å². The minimum absolute atomic E-state index is 0.0139. The van der Waals surface area contributed by atoms with Gasteiger partial charge in [-0.3, -0.25) is 48.2 Å². The van der Waals surface area contributed by atoms with E-state index in [4.69, 9.17) is 9.47 Å². The maximum absolute atomic E-state index is 14.6. The van der Waals surface area contributed by atoms with Crippen molar-refractivity contribution in [1.29, 1.82) is 0 Å². The highest BCUT2D eigenvalue weighted by Gasteiger charge is 2.46. The van der Waals surface area contributed by atoms with Gasteiger partial charge in [0.2, 0.25) is 47.3 Å². The molecule has 4 aliphatic rings. The number of likely N-dealkylation sites (N-methyl/N-ethyl adjacent to an activating group) is 2. The summed E-state index contributed by atoms with van der Waals surface area (Å²) in [6.07, 6.45) is 8.57. The number of hydrogen-bond donors (Lipinski definition) is 6. The molecular weight excluding hydrogens is 1150 g/mol. The van der Waals surface area contributed by atoms with Gasteiger partial charge in [-0.25, -0.2) is 9.59 Å². The van der Waals surface area contributed by atoms with Gasteiger partial charge in [-0.05, 0) is 167 Å². The Bertz CT molecular complexity index is 2780. The molecule has 6 rings (SSSR count). The number of carbonyl (C=O) groups is 10. The van der Waals surface area contributed by atoms with Gasteiger partial charge in [0, 0.05) is 52.1 Å². The summed E-state index contributed by atoms with van der Waals surface area (Å²) in [6.45, 7) is 24.6. The van der Waals surface area contributed by atoms with E-state index in [9.17, 15) is 47.9 Å². The highest BCUT2D eigenvalue weighted by Crippen LogP contribution is 2.33. The molecule has 2 aliphatic carbocycles. The van der Waals surface area contributed by atoms with Gasteiger partial charge in [-0.1, -0.05) is 87.4 Å². The zero-order valence-electron chi connectivity index (χ0n) is 55.2. The van der Waals surface area contributed by atoms with Crippen LogP contribution in [0, 0.1) is 0 Å². The molecule has 90 heavy (non-hydrogen) atoms. The molecule has 2 aromatic rings. The molecule has 0 saturated carbocycles. The largest absolute Gasteiger partial charge is 0.444 e. The van der Waals surface area contributed by atoms with Gasteiger partial charge in [0.05, 0.1) is 12.1 Å². The van der Waals surface area contributed by atoms with Gasteiger partial charge in [-0.15, -0.1) is 0 Å². The van der Waals surface area contributed by atoms with E-state index in [1.54, 1.807) is 55.4 Å². The number of amides is 10. The molecule has 22 heteroatoms. The highest BCUT2D eigenvalue weighted by molar-refractivity contribution is 5.97.